The van der Waals surface area contributed by atoms with E-state index in [1.807, 2.05) is 0 Å². The van der Waals surface area contributed by atoms with Crippen LogP contribution in [0.25, 0.3) is 0 Å². The van der Waals surface area contributed by atoms with Crippen LogP contribution in [0.2, 0.25) is 0 Å². The molecule has 0 aromatic heterocycles. The monoisotopic (exact) mass is 315 g/mol. The second kappa shape index (κ2) is 6.83. The van der Waals surface area contributed by atoms with Crippen molar-refractivity contribution < 1.29 is 12.8 Å². The van der Waals surface area contributed by atoms with Crippen molar-refractivity contribution in [2.45, 2.75) is 24.3 Å². The summed E-state index contributed by atoms with van der Waals surface area (Å²) in [5, 5.41) is 0. The highest BCUT2D eigenvalue weighted by atomic mass is 32.2. The first-order chi connectivity index (χ1) is 9.95. The Morgan fingerprint density at radius 2 is 2.00 bits per heavy atom. The fraction of sp³-hybridized carbons (Fsp3) is 0.571. The Kier molecular flexibility index (Phi) is 5.32. The lowest BCUT2D eigenvalue weighted by Crippen LogP contribution is -2.35. The number of nitrogens with two attached hydrogens (primary N) is 1. The van der Waals surface area contributed by atoms with Crippen LogP contribution in [0.3, 0.4) is 0 Å². The molecule has 1 aliphatic heterocycles. The molecule has 0 saturated carbocycles. The van der Waals surface area contributed by atoms with E-state index in [0.29, 0.717) is 6.54 Å². The third-order valence-electron chi connectivity index (χ3n) is 3.88. The Hall–Kier alpha value is -1.02. The Morgan fingerprint density at radius 1 is 1.33 bits per heavy atom. The predicted molar refractivity (Wildman–Crippen MR) is 79.8 cm³/mol. The van der Waals surface area contributed by atoms with E-state index in [9.17, 15) is 12.8 Å². The van der Waals surface area contributed by atoms with Crippen LogP contribution in [-0.2, 0) is 16.6 Å². The summed E-state index contributed by atoms with van der Waals surface area (Å²) in [5.41, 5.74) is 5.64. The SMILES string of the molecule is CN(CCN1CCCC1)S(=O)(=O)c1ccc(F)c(CN)c1. The largest absolute Gasteiger partial charge is 0.326 e. The van der Waals surface area contributed by atoms with E-state index in [1.165, 1.54) is 29.3 Å². The van der Waals surface area contributed by atoms with E-state index in [2.05, 4.69) is 4.90 Å². The molecule has 1 aromatic carbocycles. The standard InChI is InChI=1S/C14H22FN3O2S/c1-17(8-9-18-6-2-3-7-18)21(19,20)13-4-5-14(15)12(10-13)11-16/h4-5,10H,2-3,6-9,11,16H2,1H3. The highest BCUT2D eigenvalue weighted by Gasteiger charge is 2.23. The quantitative estimate of drug-likeness (QED) is 0.850. The zero-order valence-electron chi connectivity index (χ0n) is 12.3. The number of hydrogen-bond acceptors (Lipinski definition) is 4. The molecular weight excluding hydrogens is 293 g/mol. The average molecular weight is 315 g/mol. The first-order valence-electron chi connectivity index (χ1n) is 7.12. The molecule has 1 saturated heterocycles. The molecule has 2 N–H and O–H groups in total. The van der Waals surface area contributed by atoms with Crippen LogP contribution in [-0.4, -0.2) is 50.8 Å². The van der Waals surface area contributed by atoms with E-state index >= 15 is 0 Å². The molecule has 1 heterocycles. The number of sulfonamides is 1. The molecule has 0 bridgehead atoms. The minimum absolute atomic E-state index is 0.0211. The minimum atomic E-state index is -3.60. The van der Waals surface area contributed by atoms with Gasteiger partial charge in [-0.2, -0.15) is 4.31 Å². The van der Waals surface area contributed by atoms with Gasteiger partial charge in [-0.15, -0.1) is 0 Å². The van der Waals surface area contributed by atoms with Gasteiger partial charge in [0.2, 0.25) is 10.0 Å². The number of rotatable bonds is 6. The van der Waals surface area contributed by atoms with Gasteiger partial charge in [0.25, 0.3) is 0 Å². The fourth-order valence-corrected chi connectivity index (χ4v) is 3.67. The Morgan fingerprint density at radius 3 is 2.62 bits per heavy atom. The Labute approximate surface area is 125 Å². The van der Waals surface area contributed by atoms with Crippen molar-refractivity contribution in [3.05, 3.63) is 29.6 Å². The zero-order valence-corrected chi connectivity index (χ0v) is 13.1. The van der Waals surface area contributed by atoms with Crippen LogP contribution < -0.4 is 5.73 Å². The van der Waals surface area contributed by atoms with Crippen LogP contribution in [0.15, 0.2) is 23.1 Å². The average Bonchev–Trinajstić information content (AvgIpc) is 2.98. The Balaban J connectivity index is 2.08. The normalized spacial score (nSPS) is 16.8. The number of hydrogen-bond donors (Lipinski definition) is 1. The van der Waals surface area contributed by atoms with Gasteiger partial charge in [0.05, 0.1) is 4.90 Å². The molecule has 2 rings (SSSR count). The van der Waals surface area contributed by atoms with E-state index in [0.717, 1.165) is 25.7 Å². The first kappa shape index (κ1) is 16.4. The summed E-state index contributed by atoms with van der Waals surface area (Å²) >= 11 is 0. The molecule has 0 spiro atoms. The lowest BCUT2D eigenvalue weighted by atomic mass is 10.2. The van der Waals surface area contributed by atoms with Crippen LogP contribution in [0.4, 0.5) is 4.39 Å². The van der Waals surface area contributed by atoms with Crippen molar-refractivity contribution in [3.8, 4) is 0 Å². The van der Waals surface area contributed by atoms with Gasteiger partial charge < -0.3 is 10.6 Å². The van der Waals surface area contributed by atoms with Crippen LogP contribution in [0, 0.1) is 5.82 Å². The molecule has 0 unspecified atom stereocenters. The van der Waals surface area contributed by atoms with E-state index in [4.69, 9.17) is 5.73 Å². The van der Waals surface area contributed by atoms with Crippen molar-refractivity contribution >= 4 is 10.0 Å². The van der Waals surface area contributed by atoms with Gasteiger partial charge in [-0.1, -0.05) is 0 Å². The molecule has 1 aliphatic rings. The summed E-state index contributed by atoms with van der Waals surface area (Å²) < 4.78 is 39.7. The summed E-state index contributed by atoms with van der Waals surface area (Å²) in [6.45, 7) is 3.19. The van der Waals surface area contributed by atoms with Gasteiger partial charge in [-0.3, -0.25) is 0 Å². The Bertz CT molecular complexity index is 586. The third kappa shape index (κ3) is 3.79. The number of nitrogens with zero attached hydrogens (tertiary/aromatic N) is 2. The van der Waals surface area contributed by atoms with E-state index < -0.39 is 15.8 Å². The highest BCUT2D eigenvalue weighted by molar-refractivity contribution is 7.89. The van der Waals surface area contributed by atoms with Crippen molar-refractivity contribution in [3.63, 3.8) is 0 Å². The van der Waals surface area contributed by atoms with Crippen molar-refractivity contribution in [2.75, 3.05) is 33.2 Å². The van der Waals surface area contributed by atoms with Crippen molar-refractivity contribution in [1.82, 2.24) is 9.21 Å². The maximum absolute atomic E-state index is 13.4. The number of benzene rings is 1. The highest BCUT2D eigenvalue weighted by Crippen LogP contribution is 2.18. The minimum Gasteiger partial charge on any atom is -0.326 e. The summed E-state index contributed by atoms with van der Waals surface area (Å²) in [6, 6.07) is 3.76. The second-order valence-corrected chi connectivity index (χ2v) is 7.38. The van der Waals surface area contributed by atoms with Gasteiger partial charge >= 0.3 is 0 Å². The fourth-order valence-electron chi connectivity index (χ4n) is 2.46. The van der Waals surface area contributed by atoms with Gasteiger partial charge in [0.15, 0.2) is 0 Å². The molecular formula is C14H22FN3O2S. The van der Waals surface area contributed by atoms with Crippen LogP contribution in [0.5, 0.6) is 0 Å². The van der Waals surface area contributed by atoms with Gasteiger partial charge in [0.1, 0.15) is 5.82 Å². The lowest BCUT2D eigenvalue weighted by molar-refractivity contribution is 0.310. The van der Waals surface area contributed by atoms with Gasteiger partial charge in [0, 0.05) is 32.2 Å². The smallest absolute Gasteiger partial charge is 0.242 e. The molecule has 0 aliphatic carbocycles. The summed E-state index contributed by atoms with van der Waals surface area (Å²) in [6.07, 6.45) is 2.35. The van der Waals surface area contributed by atoms with E-state index in [1.54, 1.807) is 7.05 Å². The van der Waals surface area contributed by atoms with Crippen molar-refractivity contribution in [1.29, 1.82) is 0 Å². The second-order valence-electron chi connectivity index (χ2n) is 5.33. The molecule has 5 nitrogen and oxygen atoms in total. The molecule has 0 radical (unpaired) electrons. The summed E-state index contributed by atoms with van der Waals surface area (Å²) in [4.78, 5) is 2.34. The third-order valence-corrected chi connectivity index (χ3v) is 5.73. The molecule has 1 aromatic rings. The first-order valence-corrected chi connectivity index (χ1v) is 8.56. The maximum atomic E-state index is 13.4. The number of likely N-dealkylation sites (tertiary alicyclic amines) is 1. The van der Waals surface area contributed by atoms with E-state index in [-0.39, 0.29) is 17.0 Å². The zero-order chi connectivity index (χ0) is 15.5. The number of halogens is 1. The lowest BCUT2D eigenvalue weighted by Gasteiger charge is -2.21. The molecule has 0 amide bonds. The molecule has 118 valence electrons. The molecule has 1 fully saturated rings. The molecule has 7 heteroatoms. The topological polar surface area (TPSA) is 66.6 Å². The van der Waals surface area contributed by atoms with Gasteiger partial charge in [-0.05, 0) is 44.1 Å². The number of likely N-dealkylation sites (N-methyl/N-ethyl adjacent to an activating group) is 1. The molecule has 0 atom stereocenters. The summed E-state index contributed by atoms with van der Waals surface area (Å²) in [5.74, 6) is -0.476. The predicted octanol–water partition coefficient (Wildman–Crippen LogP) is 1.00. The molecule has 21 heavy (non-hydrogen) atoms. The summed E-state index contributed by atoms with van der Waals surface area (Å²) in [7, 11) is -2.04. The van der Waals surface area contributed by atoms with Crippen LogP contribution >= 0.6 is 0 Å². The van der Waals surface area contributed by atoms with Crippen LogP contribution in [0.1, 0.15) is 18.4 Å². The van der Waals surface area contributed by atoms with Gasteiger partial charge in [-0.25, -0.2) is 12.8 Å². The maximum Gasteiger partial charge on any atom is 0.242 e. The van der Waals surface area contributed by atoms with Crippen molar-refractivity contribution in [2.24, 2.45) is 5.73 Å².